The lowest BCUT2D eigenvalue weighted by Crippen LogP contribution is -2.48. The number of primary amides is 1. The summed E-state index contributed by atoms with van der Waals surface area (Å²) in [6.07, 6.45) is 1.65. The average Bonchev–Trinajstić information content (AvgIpc) is 2.54. The third-order valence-electron chi connectivity index (χ3n) is 1.85. The zero-order chi connectivity index (χ0) is 9.19. The molecule has 0 aliphatic rings. The predicted octanol–water partition coefficient (Wildman–Crippen LogP) is 0.0630. The van der Waals surface area contributed by atoms with Gasteiger partial charge in [-0.05, 0) is 14.0 Å². The van der Waals surface area contributed by atoms with Crippen LogP contribution in [0.1, 0.15) is 11.9 Å². The molecule has 0 aromatic carbocycles. The maximum atomic E-state index is 11.1. The van der Waals surface area contributed by atoms with Crippen LogP contribution in [0.2, 0.25) is 0 Å². The second-order valence-corrected chi connectivity index (χ2v) is 3.47. The minimum absolute atomic E-state index is 0.417. The fourth-order valence-corrected chi connectivity index (χ4v) is 1.62. The molecule has 1 unspecified atom stereocenters. The van der Waals surface area contributed by atoms with Crippen molar-refractivity contribution in [2.24, 2.45) is 5.73 Å². The number of likely N-dealkylation sites (N-methyl/N-ethyl adjacent to an activating group) is 1. The highest BCUT2D eigenvalue weighted by Gasteiger charge is 2.33. The largest absolute Gasteiger partial charge is 0.368 e. The first-order valence-electron chi connectivity index (χ1n) is 3.50. The monoisotopic (exact) mass is 185 g/mol. The molecule has 0 saturated carbocycles. The smallest absolute Gasteiger partial charge is 0.244 e. The molecular formula is C7H11N3OS. The van der Waals surface area contributed by atoms with E-state index in [-0.39, 0.29) is 0 Å². The number of aromatic nitrogens is 1. The molecular weight excluding hydrogens is 174 g/mol. The number of carbonyl (C=O) groups excluding carboxylic acids is 1. The van der Waals surface area contributed by atoms with Gasteiger partial charge < -0.3 is 11.1 Å². The van der Waals surface area contributed by atoms with Crippen molar-refractivity contribution in [2.75, 3.05) is 7.05 Å². The Morgan fingerprint density at radius 3 is 2.83 bits per heavy atom. The van der Waals surface area contributed by atoms with Crippen LogP contribution < -0.4 is 11.1 Å². The van der Waals surface area contributed by atoms with Crippen molar-refractivity contribution in [1.82, 2.24) is 10.3 Å². The fourth-order valence-electron chi connectivity index (χ4n) is 0.806. The maximum Gasteiger partial charge on any atom is 0.244 e. The van der Waals surface area contributed by atoms with Gasteiger partial charge in [0.15, 0.2) is 0 Å². The number of amides is 1. The summed E-state index contributed by atoms with van der Waals surface area (Å²) in [7, 11) is 1.69. The minimum atomic E-state index is -0.839. The molecule has 1 amide bonds. The van der Waals surface area contributed by atoms with Crippen LogP contribution in [0.15, 0.2) is 11.6 Å². The average molecular weight is 185 g/mol. The predicted molar refractivity (Wildman–Crippen MR) is 47.7 cm³/mol. The van der Waals surface area contributed by atoms with Gasteiger partial charge in [0.2, 0.25) is 5.91 Å². The van der Waals surface area contributed by atoms with Crippen molar-refractivity contribution < 1.29 is 4.79 Å². The van der Waals surface area contributed by atoms with Gasteiger partial charge in [-0.3, -0.25) is 4.79 Å². The van der Waals surface area contributed by atoms with E-state index in [0.717, 1.165) is 0 Å². The highest BCUT2D eigenvalue weighted by atomic mass is 32.1. The molecule has 0 aliphatic heterocycles. The molecule has 4 nitrogen and oxygen atoms in total. The number of nitrogens with one attached hydrogen (secondary N) is 1. The SMILES string of the molecule is CNC(C)(C(N)=O)c1nccs1. The Morgan fingerprint density at radius 1 is 1.83 bits per heavy atom. The standard InChI is InChI=1S/C7H11N3OS/c1-7(9-2,5(8)11)6-10-3-4-12-6/h3-4,9H,1-2H3,(H2,8,11). The first-order valence-corrected chi connectivity index (χ1v) is 4.38. The zero-order valence-electron chi connectivity index (χ0n) is 7.00. The van der Waals surface area contributed by atoms with Crippen LogP contribution in [0.5, 0.6) is 0 Å². The summed E-state index contributed by atoms with van der Waals surface area (Å²) in [4.78, 5) is 15.1. The van der Waals surface area contributed by atoms with Gasteiger partial charge in [0.05, 0.1) is 0 Å². The molecule has 5 heteroatoms. The molecule has 0 fully saturated rings. The highest BCUT2D eigenvalue weighted by Crippen LogP contribution is 2.21. The van der Waals surface area contributed by atoms with E-state index >= 15 is 0 Å². The second kappa shape index (κ2) is 3.20. The molecule has 3 N–H and O–H groups in total. The molecule has 66 valence electrons. The van der Waals surface area contributed by atoms with Crippen LogP contribution in [0, 0.1) is 0 Å². The van der Waals surface area contributed by atoms with Gasteiger partial charge >= 0.3 is 0 Å². The van der Waals surface area contributed by atoms with Gasteiger partial charge in [0, 0.05) is 11.6 Å². The lowest BCUT2D eigenvalue weighted by atomic mass is 10.0. The topological polar surface area (TPSA) is 68.0 Å². The molecule has 0 spiro atoms. The molecule has 0 bridgehead atoms. The number of nitrogens with zero attached hydrogens (tertiary/aromatic N) is 1. The lowest BCUT2D eigenvalue weighted by Gasteiger charge is -2.22. The van der Waals surface area contributed by atoms with Gasteiger partial charge in [0.25, 0.3) is 0 Å². The molecule has 1 heterocycles. The van der Waals surface area contributed by atoms with Gasteiger partial charge in [-0.15, -0.1) is 11.3 Å². The molecule has 1 atom stereocenters. The number of hydrogen-bond donors (Lipinski definition) is 2. The summed E-state index contributed by atoms with van der Waals surface area (Å²) in [6.45, 7) is 1.72. The van der Waals surface area contributed by atoms with Crippen molar-refractivity contribution in [3.63, 3.8) is 0 Å². The van der Waals surface area contributed by atoms with Crippen LogP contribution in [0.4, 0.5) is 0 Å². The Hall–Kier alpha value is -0.940. The Bertz CT molecular complexity index is 272. The quantitative estimate of drug-likeness (QED) is 0.700. The summed E-state index contributed by atoms with van der Waals surface area (Å²) in [5.41, 5.74) is 4.40. The summed E-state index contributed by atoms with van der Waals surface area (Å²) >= 11 is 1.41. The van der Waals surface area contributed by atoms with Crippen LogP contribution in [-0.2, 0) is 10.3 Å². The van der Waals surface area contributed by atoms with Crippen LogP contribution in [0.3, 0.4) is 0 Å². The maximum absolute atomic E-state index is 11.1. The van der Waals surface area contributed by atoms with E-state index < -0.39 is 11.4 Å². The van der Waals surface area contributed by atoms with E-state index in [2.05, 4.69) is 10.3 Å². The van der Waals surface area contributed by atoms with Gasteiger partial charge in [-0.1, -0.05) is 0 Å². The van der Waals surface area contributed by atoms with Gasteiger partial charge in [0.1, 0.15) is 10.5 Å². The normalized spacial score (nSPS) is 15.5. The van der Waals surface area contributed by atoms with Crippen molar-refractivity contribution >= 4 is 17.2 Å². The molecule has 1 aromatic rings. The number of thiazole rings is 1. The first kappa shape index (κ1) is 9.15. The third kappa shape index (κ3) is 1.33. The third-order valence-corrected chi connectivity index (χ3v) is 2.85. The summed E-state index contributed by atoms with van der Waals surface area (Å²) in [6, 6.07) is 0. The Kier molecular flexibility index (Phi) is 2.44. The number of carbonyl (C=O) groups is 1. The van der Waals surface area contributed by atoms with Gasteiger partial charge in [-0.2, -0.15) is 0 Å². The van der Waals surface area contributed by atoms with E-state index in [0.29, 0.717) is 5.01 Å². The van der Waals surface area contributed by atoms with Gasteiger partial charge in [-0.25, -0.2) is 4.98 Å². The summed E-state index contributed by atoms with van der Waals surface area (Å²) in [5.74, 6) is -0.417. The second-order valence-electron chi connectivity index (χ2n) is 2.58. The summed E-state index contributed by atoms with van der Waals surface area (Å²) in [5, 5.41) is 5.36. The molecule has 1 rings (SSSR count). The Balaban J connectivity index is 3.04. The van der Waals surface area contributed by atoms with Crippen molar-refractivity contribution in [3.8, 4) is 0 Å². The Morgan fingerprint density at radius 2 is 2.50 bits per heavy atom. The fraction of sp³-hybridized carbons (Fsp3) is 0.429. The van der Waals surface area contributed by atoms with Crippen LogP contribution in [-0.4, -0.2) is 17.9 Å². The Labute approximate surface area is 74.8 Å². The lowest BCUT2D eigenvalue weighted by molar-refractivity contribution is -0.123. The number of hydrogen-bond acceptors (Lipinski definition) is 4. The molecule has 12 heavy (non-hydrogen) atoms. The highest BCUT2D eigenvalue weighted by molar-refractivity contribution is 7.09. The van der Waals surface area contributed by atoms with E-state index in [9.17, 15) is 4.79 Å². The van der Waals surface area contributed by atoms with E-state index in [1.165, 1.54) is 11.3 Å². The first-order chi connectivity index (χ1) is 5.61. The van der Waals surface area contributed by atoms with E-state index in [1.54, 1.807) is 20.2 Å². The van der Waals surface area contributed by atoms with Crippen LogP contribution in [0.25, 0.3) is 0 Å². The number of rotatable bonds is 3. The molecule has 0 aliphatic carbocycles. The molecule has 0 radical (unpaired) electrons. The minimum Gasteiger partial charge on any atom is -0.368 e. The zero-order valence-corrected chi connectivity index (χ0v) is 7.81. The molecule has 0 saturated heterocycles. The van der Waals surface area contributed by atoms with Crippen molar-refractivity contribution in [3.05, 3.63) is 16.6 Å². The summed E-state index contributed by atoms with van der Waals surface area (Å²) < 4.78 is 0. The van der Waals surface area contributed by atoms with Crippen molar-refractivity contribution in [1.29, 1.82) is 0 Å². The number of nitrogens with two attached hydrogens (primary N) is 1. The van der Waals surface area contributed by atoms with E-state index in [4.69, 9.17) is 5.73 Å². The van der Waals surface area contributed by atoms with E-state index in [1.807, 2.05) is 5.38 Å². The molecule has 1 aromatic heterocycles. The van der Waals surface area contributed by atoms with Crippen LogP contribution >= 0.6 is 11.3 Å². The van der Waals surface area contributed by atoms with Crippen molar-refractivity contribution in [2.45, 2.75) is 12.5 Å².